The number of benzene rings is 2. The summed E-state index contributed by atoms with van der Waals surface area (Å²) < 4.78 is 5.49. The number of nitrogens with zero attached hydrogens (tertiary/aromatic N) is 2. The fraction of sp³-hybridized carbons (Fsp3) is 0.409. The van der Waals surface area contributed by atoms with Gasteiger partial charge in [0.1, 0.15) is 0 Å². The number of urea groups is 1. The molecule has 3 rings (SSSR count). The van der Waals surface area contributed by atoms with Gasteiger partial charge >= 0.3 is 6.03 Å². The number of hydrogen-bond acceptors (Lipinski definition) is 3. The molecule has 1 heterocycles. The van der Waals surface area contributed by atoms with Crippen LogP contribution in [0.4, 0.5) is 4.79 Å². The lowest BCUT2D eigenvalue weighted by atomic mass is 10.0. The Morgan fingerprint density at radius 1 is 1.11 bits per heavy atom. The van der Waals surface area contributed by atoms with Crippen molar-refractivity contribution in [1.82, 2.24) is 15.1 Å². The highest BCUT2D eigenvalue weighted by atomic mass is 35.5. The number of amides is 2. The van der Waals surface area contributed by atoms with Gasteiger partial charge in [0.25, 0.3) is 0 Å². The zero-order valence-corrected chi connectivity index (χ0v) is 17.2. The van der Waals surface area contributed by atoms with E-state index in [0.29, 0.717) is 11.6 Å². The summed E-state index contributed by atoms with van der Waals surface area (Å²) in [7, 11) is 1.82. The van der Waals surface area contributed by atoms with Crippen molar-refractivity contribution in [1.29, 1.82) is 0 Å². The lowest BCUT2D eigenvalue weighted by Gasteiger charge is -2.35. The van der Waals surface area contributed by atoms with Gasteiger partial charge in [0.15, 0.2) is 0 Å². The van der Waals surface area contributed by atoms with Crippen molar-refractivity contribution in [2.24, 2.45) is 0 Å². The van der Waals surface area contributed by atoms with Crippen molar-refractivity contribution in [2.75, 3.05) is 39.9 Å². The van der Waals surface area contributed by atoms with Gasteiger partial charge in [-0.15, -0.1) is 0 Å². The monoisotopic (exact) mass is 401 g/mol. The molecular weight excluding hydrogens is 374 g/mol. The Bertz CT molecular complexity index is 748. The van der Waals surface area contributed by atoms with E-state index in [1.54, 1.807) is 4.90 Å². The maximum Gasteiger partial charge on any atom is 0.317 e. The van der Waals surface area contributed by atoms with Crippen LogP contribution in [0, 0.1) is 0 Å². The second kappa shape index (κ2) is 9.92. The Kier molecular flexibility index (Phi) is 7.31. The number of halogens is 1. The van der Waals surface area contributed by atoms with E-state index < -0.39 is 0 Å². The third kappa shape index (κ3) is 5.25. The van der Waals surface area contributed by atoms with Crippen LogP contribution in [0.25, 0.3) is 0 Å². The van der Waals surface area contributed by atoms with E-state index in [4.69, 9.17) is 16.3 Å². The van der Waals surface area contributed by atoms with E-state index in [9.17, 15) is 4.79 Å². The van der Waals surface area contributed by atoms with Crippen molar-refractivity contribution >= 4 is 17.6 Å². The molecule has 0 aromatic heterocycles. The molecule has 1 N–H and O–H groups in total. The second-order valence-corrected chi connectivity index (χ2v) is 7.54. The Labute approximate surface area is 172 Å². The number of morpholine rings is 1. The van der Waals surface area contributed by atoms with E-state index >= 15 is 0 Å². The number of hydrogen-bond donors (Lipinski definition) is 1. The van der Waals surface area contributed by atoms with Crippen LogP contribution in [-0.4, -0.2) is 55.7 Å². The molecule has 0 unspecified atom stereocenters. The fourth-order valence-corrected chi connectivity index (χ4v) is 3.60. The molecule has 28 heavy (non-hydrogen) atoms. The van der Waals surface area contributed by atoms with Crippen LogP contribution in [0.1, 0.15) is 30.1 Å². The quantitative estimate of drug-likeness (QED) is 0.792. The number of carbonyl (C=O) groups is 1. The molecule has 0 bridgehead atoms. The molecule has 2 aromatic rings. The van der Waals surface area contributed by atoms with E-state index in [-0.39, 0.29) is 18.1 Å². The average molecular weight is 402 g/mol. The Balaban J connectivity index is 1.64. The smallest absolute Gasteiger partial charge is 0.317 e. The first-order valence-corrected chi connectivity index (χ1v) is 10.1. The molecule has 1 saturated heterocycles. The van der Waals surface area contributed by atoms with Crippen LogP contribution in [-0.2, 0) is 4.74 Å². The summed E-state index contributed by atoms with van der Waals surface area (Å²) >= 11 is 5.97. The van der Waals surface area contributed by atoms with Crippen LogP contribution in [0.15, 0.2) is 54.6 Å². The number of rotatable bonds is 6. The van der Waals surface area contributed by atoms with Gasteiger partial charge in [0, 0.05) is 31.7 Å². The van der Waals surface area contributed by atoms with Gasteiger partial charge in [-0.1, -0.05) is 54.1 Å². The van der Waals surface area contributed by atoms with Crippen LogP contribution in [0.2, 0.25) is 5.02 Å². The molecule has 5 nitrogen and oxygen atoms in total. The average Bonchev–Trinajstić information content (AvgIpc) is 2.75. The summed E-state index contributed by atoms with van der Waals surface area (Å²) in [5.41, 5.74) is 2.26. The third-order valence-corrected chi connectivity index (χ3v) is 5.62. The summed E-state index contributed by atoms with van der Waals surface area (Å²) in [6.45, 7) is 5.76. The first-order chi connectivity index (χ1) is 13.6. The summed E-state index contributed by atoms with van der Waals surface area (Å²) in [5.74, 6) is 0. The normalized spacial score (nSPS) is 17.0. The highest BCUT2D eigenvalue weighted by Gasteiger charge is 2.24. The van der Waals surface area contributed by atoms with Gasteiger partial charge < -0.3 is 15.0 Å². The standard InChI is InChI=1S/C22H28ClN3O2/c1-17(18-8-10-20(23)11-9-18)25(2)22(27)24-16-21(19-6-4-3-5-7-19)26-12-14-28-15-13-26/h3-11,17,21H,12-16H2,1-2H3,(H,24,27)/t17-,21-/m0/s1. The predicted octanol–water partition coefficient (Wildman–Crippen LogP) is 4.12. The molecule has 1 fully saturated rings. The minimum absolute atomic E-state index is 0.0455. The maximum atomic E-state index is 12.8. The number of nitrogens with one attached hydrogen (secondary N) is 1. The van der Waals surface area contributed by atoms with E-state index in [2.05, 4.69) is 22.3 Å². The van der Waals surface area contributed by atoms with Crippen molar-refractivity contribution < 1.29 is 9.53 Å². The summed E-state index contributed by atoms with van der Waals surface area (Å²) in [6, 6.07) is 17.9. The molecule has 150 valence electrons. The predicted molar refractivity (Wildman–Crippen MR) is 113 cm³/mol. The van der Waals surface area contributed by atoms with Crippen molar-refractivity contribution in [3.8, 4) is 0 Å². The van der Waals surface area contributed by atoms with Crippen LogP contribution >= 0.6 is 11.6 Å². The molecular formula is C22H28ClN3O2. The third-order valence-electron chi connectivity index (χ3n) is 5.37. The highest BCUT2D eigenvalue weighted by Crippen LogP contribution is 2.23. The first-order valence-electron chi connectivity index (χ1n) is 9.69. The molecule has 2 aromatic carbocycles. The van der Waals surface area contributed by atoms with Crippen LogP contribution in [0.3, 0.4) is 0 Å². The van der Waals surface area contributed by atoms with Crippen molar-refractivity contribution in [3.63, 3.8) is 0 Å². The zero-order valence-electron chi connectivity index (χ0n) is 16.5. The largest absolute Gasteiger partial charge is 0.379 e. The van der Waals surface area contributed by atoms with Gasteiger partial charge in [-0.2, -0.15) is 0 Å². The van der Waals surface area contributed by atoms with E-state index in [0.717, 1.165) is 31.9 Å². The molecule has 2 amide bonds. The molecule has 0 radical (unpaired) electrons. The number of ether oxygens (including phenoxy) is 1. The fourth-order valence-electron chi connectivity index (χ4n) is 3.47. The summed E-state index contributed by atoms with van der Waals surface area (Å²) in [6.07, 6.45) is 0. The molecule has 0 saturated carbocycles. The zero-order chi connectivity index (χ0) is 19.9. The van der Waals surface area contributed by atoms with Crippen molar-refractivity contribution in [3.05, 3.63) is 70.7 Å². The molecule has 1 aliphatic heterocycles. The van der Waals surface area contributed by atoms with Crippen molar-refractivity contribution in [2.45, 2.75) is 19.0 Å². The summed E-state index contributed by atoms with van der Waals surface area (Å²) in [5, 5.41) is 3.81. The minimum atomic E-state index is -0.0864. The SMILES string of the molecule is C[C@@H](c1ccc(Cl)cc1)N(C)C(=O)NC[C@@H](c1ccccc1)N1CCOCC1. The maximum absolute atomic E-state index is 12.8. The second-order valence-electron chi connectivity index (χ2n) is 7.10. The molecule has 0 aliphatic carbocycles. The van der Waals surface area contributed by atoms with Gasteiger partial charge in [0.2, 0.25) is 0 Å². The Morgan fingerprint density at radius 2 is 1.75 bits per heavy atom. The molecule has 2 atom stereocenters. The Morgan fingerprint density at radius 3 is 2.39 bits per heavy atom. The molecule has 0 spiro atoms. The topological polar surface area (TPSA) is 44.8 Å². The highest BCUT2D eigenvalue weighted by molar-refractivity contribution is 6.30. The van der Waals surface area contributed by atoms with Crippen LogP contribution in [0.5, 0.6) is 0 Å². The van der Waals surface area contributed by atoms with Gasteiger partial charge in [0.05, 0.1) is 25.3 Å². The molecule has 6 heteroatoms. The van der Waals surface area contributed by atoms with Gasteiger partial charge in [-0.25, -0.2) is 4.79 Å². The lowest BCUT2D eigenvalue weighted by Crippen LogP contribution is -2.46. The first kappa shape index (κ1) is 20.6. The summed E-state index contributed by atoms with van der Waals surface area (Å²) in [4.78, 5) is 16.9. The van der Waals surface area contributed by atoms with E-state index in [1.165, 1.54) is 5.56 Å². The Hall–Kier alpha value is -2.08. The lowest BCUT2D eigenvalue weighted by molar-refractivity contribution is 0.0164. The van der Waals surface area contributed by atoms with Gasteiger partial charge in [-0.3, -0.25) is 4.90 Å². The van der Waals surface area contributed by atoms with E-state index in [1.807, 2.05) is 56.4 Å². The van der Waals surface area contributed by atoms with Gasteiger partial charge in [-0.05, 0) is 30.2 Å². The number of carbonyl (C=O) groups excluding carboxylic acids is 1. The van der Waals surface area contributed by atoms with Crippen LogP contribution < -0.4 is 5.32 Å². The molecule has 1 aliphatic rings. The minimum Gasteiger partial charge on any atom is -0.379 e.